The Hall–Kier alpha value is -1.39. The molecule has 0 spiro atoms. The van der Waals surface area contributed by atoms with Crippen molar-refractivity contribution in [3.8, 4) is 11.4 Å². The molecule has 1 aromatic carbocycles. The normalized spacial score (nSPS) is 11.0. The molecule has 0 amide bonds. The molecule has 90 valence electrons. The number of fused-ring (bicyclic) bond motifs is 1. The van der Waals surface area contributed by atoms with Crippen LogP contribution in [0.2, 0.25) is 5.15 Å². The summed E-state index contributed by atoms with van der Waals surface area (Å²) in [6, 6.07) is 11.8. The van der Waals surface area contributed by atoms with E-state index >= 15 is 0 Å². The van der Waals surface area contributed by atoms with Gasteiger partial charge in [-0.2, -0.15) is 0 Å². The van der Waals surface area contributed by atoms with Crippen molar-refractivity contribution in [3.63, 3.8) is 0 Å². The minimum atomic E-state index is 0.474. The van der Waals surface area contributed by atoms with Crippen molar-refractivity contribution < 1.29 is 0 Å². The number of H-pyrrole nitrogens is 1. The van der Waals surface area contributed by atoms with E-state index in [4.69, 9.17) is 11.6 Å². The first-order valence-corrected chi connectivity index (χ1v) is 6.94. The second kappa shape index (κ2) is 4.71. The van der Waals surface area contributed by atoms with Crippen LogP contribution in [-0.2, 0) is 5.33 Å². The smallest absolute Gasteiger partial charge is 0.163 e. The number of nitrogens with zero attached hydrogens (tertiary/aromatic N) is 2. The highest BCUT2D eigenvalue weighted by molar-refractivity contribution is 9.08. The first-order valence-electron chi connectivity index (χ1n) is 5.44. The van der Waals surface area contributed by atoms with E-state index < -0.39 is 0 Å². The standard InChI is InChI=1S/C13H9BrClN3/c14-7-9-6-10-11(15)17-12(18-13(10)16-9)8-4-2-1-3-5-8/h1-6H,7H2,(H,16,17,18). The summed E-state index contributed by atoms with van der Waals surface area (Å²) in [5.41, 5.74) is 2.76. The van der Waals surface area contributed by atoms with E-state index in [0.717, 1.165) is 27.6 Å². The van der Waals surface area contributed by atoms with E-state index in [1.807, 2.05) is 36.4 Å². The van der Waals surface area contributed by atoms with E-state index in [9.17, 15) is 0 Å². The van der Waals surface area contributed by atoms with Gasteiger partial charge in [0.25, 0.3) is 0 Å². The number of alkyl halides is 1. The molecule has 0 saturated heterocycles. The van der Waals surface area contributed by atoms with E-state index in [0.29, 0.717) is 11.0 Å². The zero-order chi connectivity index (χ0) is 12.5. The topological polar surface area (TPSA) is 41.6 Å². The minimum absolute atomic E-state index is 0.474. The average molecular weight is 323 g/mol. The Kier molecular flexibility index (Phi) is 3.06. The van der Waals surface area contributed by atoms with Gasteiger partial charge in [-0.1, -0.05) is 57.9 Å². The number of aromatic amines is 1. The minimum Gasteiger partial charge on any atom is -0.342 e. The van der Waals surface area contributed by atoms with Crippen molar-refractivity contribution in [1.29, 1.82) is 0 Å². The Labute approximate surface area is 117 Å². The number of aromatic nitrogens is 3. The first-order chi connectivity index (χ1) is 8.78. The quantitative estimate of drug-likeness (QED) is 0.568. The van der Waals surface area contributed by atoms with Crippen LogP contribution in [0.3, 0.4) is 0 Å². The molecule has 0 aliphatic heterocycles. The van der Waals surface area contributed by atoms with Crippen LogP contribution in [-0.4, -0.2) is 15.0 Å². The highest BCUT2D eigenvalue weighted by Crippen LogP contribution is 2.25. The molecular weight excluding hydrogens is 314 g/mol. The predicted octanol–water partition coefficient (Wildman–Crippen LogP) is 4.17. The zero-order valence-electron chi connectivity index (χ0n) is 9.32. The summed E-state index contributed by atoms with van der Waals surface area (Å²) in [7, 11) is 0. The van der Waals surface area contributed by atoms with Crippen molar-refractivity contribution >= 4 is 38.6 Å². The lowest BCUT2D eigenvalue weighted by Crippen LogP contribution is -1.90. The van der Waals surface area contributed by atoms with Gasteiger partial charge < -0.3 is 4.98 Å². The van der Waals surface area contributed by atoms with Gasteiger partial charge >= 0.3 is 0 Å². The van der Waals surface area contributed by atoms with Crippen LogP contribution < -0.4 is 0 Å². The second-order valence-electron chi connectivity index (χ2n) is 3.89. The Balaban J connectivity index is 2.21. The summed E-state index contributed by atoms with van der Waals surface area (Å²) in [5, 5.41) is 2.06. The van der Waals surface area contributed by atoms with Crippen molar-refractivity contribution in [2.45, 2.75) is 5.33 Å². The molecule has 2 aromatic heterocycles. The zero-order valence-corrected chi connectivity index (χ0v) is 11.7. The van der Waals surface area contributed by atoms with Crippen molar-refractivity contribution in [3.05, 3.63) is 47.2 Å². The second-order valence-corrected chi connectivity index (χ2v) is 4.81. The lowest BCUT2D eigenvalue weighted by molar-refractivity contribution is 1.19. The van der Waals surface area contributed by atoms with E-state index in [2.05, 4.69) is 30.9 Å². The molecule has 0 aliphatic rings. The van der Waals surface area contributed by atoms with Crippen LogP contribution in [0.5, 0.6) is 0 Å². The molecule has 5 heteroatoms. The Morgan fingerprint density at radius 3 is 2.67 bits per heavy atom. The molecule has 3 rings (SSSR count). The third-order valence-corrected chi connectivity index (χ3v) is 3.56. The fourth-order valence-corrected chi connectivity index (χ4v) is 2.34. The number of hydrogen-bond donors (Lipinski definition) is 1. The molecule has 0 unspecified atom stereocenters. The maximum Gasteiger partial charge on any atom is 0.163 e. The van der Waals surface area contributed by atoms with Gasteiger partial charge in [0.15, 0.2) is 5.82 Å². The summed E-state index contributed by atoms with van der Waals surface area (Å²) in [4.78, 5) is 12.1. The van der Waals surface area contributed by atoms with Crippen molar-refractivity contribution in [1.82, 2.24) is 15.0 Å². The van der Waals surface area contributed by atoms with Crippen LogP contribution >= 0.6 is 27.5 Å². The lowest BCUT2D eigenvalue weighted by Gasteiger charge is -2.01. The summed E-state index contributed by atoms with van der Waals surface area (Å²) in [6.07, 6.45) is 0. The third kappa shape index (κ3) is 2.02. The predicted molar refractivity (Wildman–Crippen MR) is 77.0 cm³/mol. The van der Waals surface area contributed by atoms with Crippen LogP contribution in [0.1, 0.15) is 5.69 Å². The molecule has 0 saturated carbocycles. The summed E-state index contributed by atoms with van der Waals surface area (Å²) in [5.74, 6) is 0.635. The summed E-state index contributed by atoms with van der Waals surface area (Å²) >= 11 is 9.60. The van der Waals surface area contributed by atoms with Gasteiger partial charge in [-0.15, -0.1) is 0 Å². The van der Waals surface area contributed by atoms with Crippen LogP contribution in [0.25, 0.3) is 22.4 Å². The molecule has 0 atom stereocenters. The van der Waals surface area contributed by atoms with Crippen molar-refractivity contribution in [2.75, 3.05) is 0 Å². The molecule has 0 fully saturated rings. The lowest BCUT2D eigenvalue weighted by atomic mass is 10.2. The van der Waals surface area contributed by atoms with Crippen LogP contribution in [0.4, 0.5) is 0 Å². The molecule has 3 aromatic rings. The van der Waals surface area contributed by atoms with Crippen LogP contribution in [0, 0.1) is 0 Å². The highest BCUT2D eigenvalue weighted by Gasteiger charge is 2.10. The molecule has 2 heterocycles. The van der Waals surface area contributed by atoms with Gasteiger partial charge in [-0.25, -0.2) is 9.97 Å². The average Bonchev–Trinajstić information content (AvgIpc) is 2.83. The summed E-state index contributed by atoms with van der Waals surface area (Å²) in [6.45, 7) is 0. The largest absolute Gasteiger partial charge is 0.342 e. The molecule has 1 N–H and O–H groups in total. The number of rotatable bonds is 2. The van der Waals surface area contributed by atoms with E-state index in [1.54, 1.807) is 0 Å². The fraction of sp³-hybridized carbons (Fsp3) is 0.0769. The van der Waals surface area contributed by atoms with Gasteiger partial charge in [0, 0.05) is 16.6 Å². The number of nitrogens with one attached hydrogen (secondary N) is 1. The molecule has 0 aliphatic carbocycles. The third-order valence-electron chi connectivity index (χ3n) is 2.67. The Morgan fingerprint density at radius 1 is 1.17 bits per heavy atom. The number of hydrogen-bond acceptors (Lipinski definition) is 2. The van der Waals surface area contributed by atoms with E-state index in [1.165, 1.54) is 0 Å². The maximum atomic E-state index is 6.20. The molecular formula is C13H9BrClN3. The van der Waals surface area contributed by atoms with Gasteiger partial charge in [-0.3, -0.25) is 0 Å². The number of benzene rings is 1. The summed E-state index contributed by atoms with van der Waals surface area (Å²) < 4.78 is 0. The van der Waals surface area contributed by atoms with Crippen LogP contribution in [0.15, 0.2) is 36.4 Å². The van der Waals surface area contributed by atoms with Crippen molar-refractivity contribution in [2.24, 2.45) is 0 Å². The van der Waals surface area contributed by atoms with Gasteiger partial charge in [0.1, 0.15) is 10.8 Å². The highest BCUT2D eigenvalue weighted by atomic mass is 79.9. The monoisotopic (exact) mass is 321 g/mol. The maximum absolute atomic E-state index is 6.20. The molecule has 3 nitrogen and oxygen atoms in total. The Morgan fingerprint density at radius 2 is 1.94 bits per heavy atom. The molecule has 18 heavy (non-hydrogen) atoms. The first kappa shape index (κ1) is 11.7. The fourth-order valence-electron chi connectivity index (χ4n) is 1.82. The number of halogens is 2. The SMILES string of the molecule is Clc1nc(-c2ccccc2)nc2[nH]c(CBr)cc12. The molecule has 0 bridgehead atoms. The Bertz CT molecular complexity index is 694. The van der Waals surface area contributed by atoms with E-state index in [-0.39, 0.29) is 0 Å². The van der Waals surface area contributed by atoms with Gasteiger partial charge in [0.05, 0.1) is 5.39 Å². The van der Waals surface area contributed by atoms with Gasteiger partial charge in [-0.05, 0) is 6.07 Å². The van der Waals surface area contributed by atoms with Gasteiger partial charge in [0.2, 0.25) is 0 Å². The molecule has 0 radical (unpaired) electrons.